The second-order valence-corrected chi connectivity index (χ2v) is 11.6. The summed E-state index contributed by atoms with van der Waals surface area (Å²) in [7, 11) is -2.91. The van der Waals surface area contributed by atoms with Crippen LogP contribution in [-0.4, -0.2) is 24.8 Å². The van der Waals surface area contributed by atoms with E-state index in [1.807, 2.05) is 13.8 Å². The molecule has 0 N–H and O–H groups in total. The molecule has 0 aliphatic rings. The molecule has 0 saturated heterocycles. The number of allylic oxidation sites excluding steroid dienone is 10. The molecule has 0 rings (SSSR count). The Kier molecular flexibility index (Phi) is 20.6. The van der Waals surface area contributed by atoms with E-state index in [-0.39, 0.29) is 24.8 Å². The average Bonchev–Trinajstić information content (AvgIpc) is 2.80. The van der Waals surface area contributed by atoms with Gasteiger partial charge in [0.2, 0.25) is 0 Å². The van der Waals surface area contributed by atoms with Crippen molar-refractivity contribution in [2.45, 2.75) is 107 Å². The van der Waals surface area contributed by atoms with Gasteiger partial charge in [-0.25, -0.2) is 0 Å². The normalized spacial score (nSPS) is 13.8. The monoisotopic (exact) mass is 546 g/mol. The van der Waals surface area contributed by atoms with Crippen molar-refractivity contribution in [2.24, 2.45) is 0 Å². The van der Waals surface area contributed by atoms with Crippen LogP contribution >= 0.6 is 8.25 Å². The summed E-state index contributed by atoms with van der Waals surface area (Å²) in [5.74, 6) is -0.528. The van der Waals surface area contributed by atoms with Gasteiger partial charge in [-0.3, -0.25) is 14.2 Å². The summed E-state index contributed by atoms with van der Waals surface area (Å²) in [4.78, 5) is 24.2. The van der Waals surface area contributed by atoms with Crippen LogP contribution in [-0.2, 0) is 23.2 Å². The van der Waals surface area contributed by atoms with Gasteiger partial charge in [-0.2, -0.15) is 0 Å². The molecule has 0 heterocycles. The number of hydrogen-bond acceptors (Lipinski definition) is 5. The first-order valence-corrected chi connectivity index (χ1v) is 14.9. The van der Waals surface area contributed by atoms with Crippen LogP contribution < -0.4 is 0 Å². The van der Waals surface area contributed by atoms with Crippen molar-refractivity contribution in [3.05, 3.63) is 69.9 Å². The molecule has 214 valence electrons. The van der Waals surface area contributed by atoms with E-state index >= 15 is 0 Å². The summed E-state index contributed by atoms with van der Waals surface area (Å²) in [5, 5.41) is 0. The topological polar surface area (TPSA) is 69.7 Å². The van der Waals surface area contributed by atoms with Gasteiger partial charge in [0.25, 0.3) is 0 Å². The zero-order valence-corrected chi connectivity index (χ0v) is 26.1. The summed E-state index contributed by atoms with van der Waals surface area (Å²) in [6, 6.07) is 0. The fourth-order valence-corrected chi connectivity index (χ4v) is 4.16. The Morgan fingerprint density at radius 3 is 1.18 bits per heavy atom. The van der Waals surface area contributed by atoms with Crippen molar-refractivity contribution in [1.29, 1.82) is 0 Å². The maximum Gasteiger partial charge on any atom is 0.320 e. The molecule has 0 aliphatic carbocycles. The smallest absolute Gasteiger partial charge is 0.302 e. The molecule has 0 aliphatic heterocycles. The fourth-order valence-electron chi connectivity index (χ4n) is 3.55. The minimum atomic E-state index is -2.91. The highest BCUT2D eigenvalue weighted by Crippen LogP contribution is 2.23. The van der Waals surface area contributed by atoms with E-state index in [4.69, 9.17) is 9.05 Å². The molecule has 0 amide bonds. The minimum Gasteiger partial charge on any atom is -0.302 e. The van der Waals surface area contributed by atoms with Crippen LogP contribution in [0.5, 0.6) is 0 Å². The molecule has 0 fully saturated rings. The van der Waals surface area contributed by atoms with Gasteiger partial charge in [-0.15, -0.1) is 0 Å². The standard InChI is InChI=1S/C32H51O5P/c1-25(2)13-9-15-27(5)17-11-19-29(7)21-31(33)23-36-38(35)37-24-32(34)22-30(8)20-12-18-28(6)16-10-14-26(3)4/h13-14,17-18,21-22,38H,9-12,15-16,19-20,23-24H2,1-8H3/b27-17+,28-18+,29-21+,30-22+. The Bertz CT molecular complexity index is 876. The van der Waals surface area contributed by atoms with E-state index in [0.29, 0.717) is 0 Å². The molecule has 0 spiro atoms. The third kappa shape index (κ3) is 23.1. The molecule has 0 aromatic rings. The lowest BCUT2D eigenvalue weighted by atomic mass is 10.1. The molecule has 0 unspecified atom stereocenters. The van der Waals surface area contributed by atoms with Crippen molar-refractivity contribution >= 4 is 19.8 Å². The van der Waals surface area contributed by atoms with Gasteiger partial charge < -0.3 is 9.05 Å². The summed E-state index contributed by atoms with van der Waals surface area (Å²) in [6.45, 7) is 15.8. The molecule has 0 aromatic carbocycles. The van der Waals surface area contributed by atoms with Crippen molar-refractivity contribution < 1.29 is 23.2 Å². The van der Waals surface area contributed by atoms with Crippen LogP contribution in [0.3, 0.4) is 0 Å². The lowest BCUT2D eigenvalue weighted by Gasteiger charge is -2.04. The first-order valence-electron chi connectivity index (χ1n) is 13.7. The predicted molar refractivity (Wildman–Crippen MR) is 162 cm³/mol. The largest absolute Gasteiger partial charge is 0.320 e. The van der Waals surface area contributed by atoms with Crippen molar-refractivity contribution in [3.63, 3.8) is 0 Å². The third-order valence-electron chi connectivity index (χ3n) is 5.72. The van der Waals surface area contributed by atoms with Crippen LogP contribution in [0.1, 0.15) is 107 Å². The Morgan fingerprint density at radius 1 is 0.526 bits per heavy atom. The number of hydrogen-bond donors (Lipinski definition) is 0. The summed E-state index contributed by atoms with van der Waals surface area (Å²) in [5.41, 5.74) is 7.25. The van der Waals surface area contributed by atoms with Crippen LogP contribution in [0, 0.1) is 0 Å². The van der Waals surface area contributed by atoms with E-state index in [1.54, 1.807) is 0 Å². The third-order valence-corrected chi connectivity index (χ3v) is 6.48. The lowest BCUT2D eigenvalue weighted by Crippen LogP contribution is -2.06. The van der Waals surface area contributed by atoms with E-state index < -0.39 is 8.25 Å². The van der Waals surface area contributed by atoms with E-state index in [9.17, 15) is 14.2 Å². The Hall–Kier alpha value is -2.07. The maximum absolute atomic E-state index is 12.1. The van der Waals surface area contributed by atoms with Gasteiger partial charge in [0.1, 0.15) is 13.2 Å². The van der Waals surface area contributed by atoms with Gasteiger partial charge in [-0.1, -0.05) is 57.7 Å². The fraction of sp³-hybridized carbons (Fsp3) is 0.562. The molecule has 0 aromatic heterocycles. The zero-order chi connectivity index (χ0) is 28.9. The van der Waals surface area contributed by atoms with Crippen LogP contribution in [0.2, 0.25) is 0 Å². The Morgan fingerprint density at radius 2 is 0.842 bits per heavy atom. The first kappa shape index (κ1) is 35.9. The summed E-state index contributed by atoms with van der Waals surface area (Å²) in [6.07, 6.45) is 19.4. The molecule has 0 atom stereocenters. The van der Waals surface area contributed by atoms with Gasteiger partial charge in [-0.05, 0) is 119 Å². The van der Waals surface area contributed by atoms with Crippen LogP contribution in [0.25, 0.3) is 0 Å². The lowest BCUT2D eigenvalue weighted by molar-refractivity contribution is -0.116. The minimum absolute atomic E-state index is 0.264. The quantitative estimate of drug-likeness (QED) is 0.0864. The van der Waals surface area contributed by atoms with Gasteiger partial charge in [0.15, 0.2) is 11.6 Å². The number of ketones is 2. The van der Waals surface area contributed by atoms with Gasteiger partial charge in [0.05, 0.1) is 0 Å². The van der Waals surface area contributed by atoms with Gasteiger partial charge in [0, 0.05) is 0 Å². The van der Waals surface area contributed by atoms with Gasteiger partial charge >= 0.3 is 8.25 Å². The molecule has 38 heavy (non-hydrogen) atoms. The molecule has 0 bridgehead atoms. The van der Waals surface area contributed by atoms with Crippen LogP contribution in [0.4, 0.5) is 0 Å². The summed E-state index contributed by atoms with van der Waals surface area (Å²) < 4.78 is 22.0. The van der Waals surface area contributed by atoms with E-state index in [2.05, 4.69) is 65.8 Å². The number of carbonyl (C=O) groups excluding carboxylic acids is 2. The maximum atomic E-state index is 12.1. The van der Waals surface area contributed by atoms with Crippen molar-refractivity contribution in [3.8, 4) is 0 Å². The SMILES string of the molecule is CC(C)=CCC/C(C)=C/CC/C(C)=C/C(=O)CO[PH](=O)OCC(=O)/C=C(\C)CC/C=C(\C)CCC=C(C)C. The molecular weight excluding hydrogens is 495 g/mol. The Balaban J connectivity index is 4.27. The average molecular weight is 547 g/mol. The van der Waals surface area contributed by atoms with E-state index in [1.165, 1.54) is 34.4 Å². The highest BCUT2D eigenvalue weighted by atomic mass is 31.1. The second-order valence-electron chi connectivity index (χ2n) is 10.6. The first-order chi connectivity index (χ1) is 17.9. The molecule has 0 radical (unpaired) electrons. The summed E-state index contributed by atoms with van der Waals surface area (Å²) >= 11 is 0. The molecular formula is C32H51O5P. The van der Waals surface area contributed by atoms with Crippen LogP contribution in [0.15, 0.2) is 69.9 Å². The van der Waals surface area contributed by atoms with Crippen molar-refractivity contribution in [2.75, 3.05) is 13.2 Å². The Labute approximate surface area is 232 Å². The highest BCUT2D eigenvalue weighted by molar-refractivity contribution is 7.33. The predicted octanol–water partition coefficient (Wildman–Crippen LogP) is 9.39. The highest BCUT2D eigenvalue weighted by Gasteiger charge is 2.07. The second kappa shape index (κ2) is 21.8. The molecule has 5 nitrogen and oxygen atoms in total. The van der Waals surface area contributed by atoms with E-state index in [0.717, 1.165) is 62.5 Å². The molecule has 6 heteroatoms. The van der Waals surface area contributed by atoms with Crippen molar-refractivity contribution in [1.82, 2.24) is 0 Å². The number of carbonyl (C=O) groups is 2. The number of rotatable bonds is 20. The zero-order valence-electron chi connectivity index (χ0n) is 25.1. The molecule has 0 saturated carbocycles.